The molecule has 1 aliphatic heterocycles. The van der Waals surface area contributed by atoms with Crippen molar-refractivity contribution in [2.24, 2.45) is 0 Å². The predicted molar refractivity (Wildman–Crippen MR) is 103 cm³/mol. The summed E-state index contributed by atoms with van der Waals surface area (Å²) in [6.45, 7) is 4.07. The van der Waals surface area contributed by atoms with Crippen molar-refractivity contribution in [3.8, 4) is 0 Å². The normalized spacial score (nSPS) is 13.9. The smallest absolute Gasteiger partial charge is 0.317 e. The van der Waals surface area contributed by atoms with Crippen LogP contribution in [0, 0.1) is 5.82 Å². The summed E-state index contributed by atoms with van der Waals surface area (Å²) < 4.78 is 13.1. The molecule has 2 aromatic carbocycles. The van der Waals surface area contributed by atoms with Gasteiger partial charge in [0.15, 0.2) is 5.78 Å². The second-order valence-electron chi connectivity index (χ2n) is 6.50. The summed E-state index contributed by atoms with van der Waals surface area (Å²) in [5.74, 6) is -1.00. The third kappa shape index (κ3) is 4.19. The molecule has 1 aliphatic rings. The highest BCUT2D eigenvalue weighted by molar-refractivity contribution is 6.15. The monoisotopic (exact) mass is 383 g/mol. The van der Waals surface area contributed by atoms with Crippen LogP contribution in [0.1, 0.15) is 33.2 Å². The Balaban J connectivity index is 1.76. The van der Waals surface area contributed by atoms with Gasteiger partial charge in [0.25, 0.3) is 5.91 Å². The van der Waals surface area contributed by atoms with Crippen LogP contribution in [0.25, 0.3) is 0 Å². The molecule has 0 saturated carbocycles. The van der Waals surface area contributed by atoms with Crippen LogP contribution in [0.2, 0.25) is 0 Å². The average Bonchev–Trinajstić information content (AvgIpc) is 2.73. The van der Waals surface area contributed by atoms with Crippen molar-refractivity contribution in [3.05, 3.63) is 71.0 Å². The van der Waals surface area contributed by atoms with E-state index in [1.165, 1.54) is 24.3 Å². The minimum Gasteiger partial charge on any atom is -0.338 e. The van der Waals surface area contributed by atoms with Gasteiger partial charge >= 0.3 is 6.03 Å². The fourth-order valence-electron chi connectivity index (χ4n) is 3.17. The van der Waals surface area contributed by atoms with Crippen LogP contribution in [-0.2, 0) is 0 Å². The van der Waals surface area contributed by atoms with Crippen LogP contribution in [-0.4, -0.2) is 60.2 Å². The minimum absolute atomic E-state index is 0.138. The molecule has 1 heterocycles. The number of amides is 3. The molecule has 0 spiro atoms. The fraction of sp³-hybridized carbons (Fsp3) is 0.286. The number of ketones is 1. The standard InChI is InChI=1S/C21H22FN3O3/c1-2-23-21(28)25-13-11-24(12-14-25)20(27)18-6-4-3-5-17(18)19(26)15-7-9-16(22)10-8-15/h3-10H,2,11-14H2,1H3,(H,23,28). The average molecular weight is 383 g/mol. The highest BCUT2D eigenvalue weighted by atomic mass is 19.1. The molecule has 0 aliphatic carbocycles. The quantitative estimate of drug-likeness (QED) is 0.825. The van der Waals surface area contributed by atoms with Crippen molar-refractivity contribution < 1.29 is 18.8 Å². The third-order valence-electron chi connectivity index (χ3n) is 4.69. The molecule has 28 heavy (non-hydrogen) atoms. The van der Waals surface area contributed by atoms with Crippen molar-refractivity contribution >= 4 is 17.7 Å². The predicted octanol–water partition coefficient (Wildman–Crippen LogP) is 2.54. The van der Waals surface area contributed by atoms with E-state index in [1.54, 1.807) is 34.1 Å². The highest BCUT2D eigenvalue weighted by Crippen LogP contribution is 2.18. The van der Waals surface area contributed by atoms with E-state index in [9.17, 15) is 18.8 Å². The van der Waals surface area contributed by atoms with Crippen molar-refractivity contribution in [2.75, 3.05) is 32.7 Å². The summed E-state index contributed by atoms with van der Waals surface area (Å²) in [6.07, 6.45) is 0. The van der Waals surface area contributed by atoms with Gasteiger partial charge in [0, 0.05) is 43.9 Å². The molecule has 0 bridgehead atoms. The molecule has 3 rings (SSSR count). The van der Waals surface area contributed by atoms with Gasteiger partial charge in [-0.1, -0.05) is 18.2 Å². The lowest BCUT2D eigenvalue weighted by molar-refractivity contribution is 0.0662. The Morgan fingerprint density at radius 1 is 0.893 bits per heavy atom. The number of hydrogen-bond acceptors (Lipinski definition) is 3. The van der Waals surface area contributed by atoms with Gasteiger partial charge in [0.1, 0.15) is 5.82 Å². The third-order valence-corrected chi connectivity index (χ3v) is 4.69. The van der Waals surface area contributed by atoms with Gasteiger partial charge in [0.2, 0.25) is 0 Å². The molecule has 1 saturated heterocycles. The maximum atomic E-state index is 13.1. The van der Waals surface area contributed by atoms with Gasteiger partial charge in [-0.15, -0.1) is 0 Å². The number of benzene rings is 2. The van der Waals surface area contributed by atoms with E-state index < -0.39 is 5.82 Å². The Morgan fingerprint density at radius 3 is 2.07 bits per heavy atom. The second-order valence-corrected chi connectivity index (χ2v) is 6.50. The zero-order valence-corrected chi connectivity index (χ0v) is 15.7. The number of rotatable bonds is 4. The van der Waals surface area contributed by atoms with Gasteiger partial charge in [-0.3, -0.25) is 9.59 Å². The first-order valence-electron chi connectivity index (χ1n) is 9.22. The largest absolute Gasteiger partial charge is 0.338 e. The Hall–Kier alpha value is -3.22. The number of urea groups is 1. The van der Waals surface area contributed by atoms with E-state index in [-0.39, 0.29) is 23.3 Å². The lowest BCUT2D eigenvalue weighted by Crippen LogP contribution is -2.53. The van der Waals surface area contributed by atoms with E-state index in [0.717, 1.165) is 0 Å². The van der Waals surface area contributed by atoms with E-state index >= 15 is 0 Å². The number of carbonyl (C=O) groups is 3. The van der Waals surface area contributed by atoms with Gasteiger partial charge in [0.05, 0.1) is 5.56 Å². The Kier molecular flexibility index (Phi) is 6.03. The molecule has 2 aromatic rings. The van der Waals surface area contributed by atoms with Crippen LogP contribution in [0.4, 0.5) is 9.18 Å². The maximum Gasteiger partial charge on any atom is 0.317 e. The number of halogens is 1. The van der Waals surface area contributed by atoms with E-state index in [0.29, 0.717) is 43.9 Å². The van der Waals surface area contributed by atoms with Gasteiger partial charge < -0.3 is 15.1 Å². The highest BCUT2D eigenvalue weighted by Gasteiger charge is 2.27. The molecule has 0 radical (unpaired) electrons. The summed E-state index contributed by atoms with van der Waals surface area (Å²) in [6, 6.07) is 11.7. The second kappa shape index (κ2) is 8.65. The summed E-state index contributed by atoms with van der Waals surface area (Å²) in [5.41, 5.74) is 0.913. The molecule has 7 heteroatoms. The first kappa shape index (κ1) is 19.5. The van der Waals surface area contributed by atoms with Crippen LogP contribution in [0.3, 0.4) is 0 Å². The number of hydrogen-bond donors (Lipinski definition) is 1. The van der Waals surface area contributed by atoms with Crippen LogP contribution in [0.15, 0.2) is 48.5 Å². The summed E-state index contributed by atoms with van der Waals surface area (Å²) >= 11 is 0. The molecule has 0 aromatic heterocycles. The first-order chi connectivity index (χ1) is 13.5. The SMILES string of the molecule is CCNC(=O)N1CCN(C(=O)c2ccccc2C(=O)c2ccc(F)cc2)CC1. The number of piperazine rings is 1. The zero-order valence-electron chi connectivity index (χ0n) is 15.7. The van der Waals surface area contributed by atoms with Crippen molar-refractivity contribution in [3.63, 3.8) is 0 Å². The lowest BCUT2D eigenvalue weighted by atomic mass is 9.97. The number of nitrogens with one attached hydrogen (secondary N) is 1. The van der Waals surface area contributed by atoms with E-state index in [2.05, 4.69) is 5.32 Å². The van der Waals surface area contributed by atoms with Gasteiger partial charge in [-0.2, -0.15) is 0 Å². The molecular weight excluding hydrogens is 361 g/mol. The van der Waals surface area contributed by atoms with Crippen LogP contribution < -0.4 is 5.32 Å². The number of carbonyl (C=O) groups excluding carboxylic acids is 3. The molecule has 0 atom stereocenters. The Bertz CT molecular complexity index is 875. The van der Waals surface area contributed by atoms with Gasteiger partial charge in [-0.25, -0.2) is 9.18 Å². The maximum absolute atomic E-state index is 13.1. The molecule has 3 amide bonds. The summed E-state index contributed by atoms with van der Waals surface area (Å²) in [5, 5.41) is 2.75. The molecule has 0 unspecified atom stereocenters. The molecule has 1 N–H and O–H groups in total. The van der Waals surface area contributed by atoms with Crippen molar-refractivity contribution in [2.45, 2.75) is 6.92 Å². The van der Waals surface area contributed by atoms with E-state index in [4.69, 9.17) is 0 Å². The summed E-state index contributed by atoms with van der Waals surface area (Å²) in [4.78, 5) is 41.1. The van der Waals surface area contributed by atoms with E-state index in [1.807, 2.05) is 6.92 Å². The lowest BCUT2D eigenvalue weighted by Gasteiger charge is -2.35. The Morgan fingerprint density at radius 2 is 1.46 bits per heavy atom. The fourth-order valence-corrected chi connectivity index (χ4v) is 3.17. The zero-order chi connectivity index (χ0) is 20.1. The number of nitrogens with zero attached hydrogens (tertiary/aromatic N) is 2. The molecule has 6 nitrogen and oxygen atoms in total. The van der Waals surface area contributed by atoms with Gasteiger partial charge in [-0.05, 0) is 37.3 Å². The molecular formula is C21H22FN3O3. The van der Waals surface area contributed by atoms with Crippen LogP contribution >= 0.6 is 0 Å². The summed E-state index contributed by atoms with van der Waals surface area (Å²) in [7, 11) is 0. The van der Waals surface area contributed by atoms with Crippen molar-refractivity contribution in [1.29, 1.82) is 0 Å². The molecule has 1 fully saturated rings. The topological polar surface area (TPSA) is 69.7 Å². The first-order valence-corrected chi connectivity index (χ1v) is 9.22. The minimum atomic E-state index is -0.425. The van der Waals surface area contributed by atoms with Crippen LogP contribution in [0.5, 0.6) is 0 Å². The van der Waals surface area contributed by atoms with Crippen molar-refractivity contribution in [1.82, 2.24) is 15.1 Å². The Labute approximate surface area is 162 Å². The molecule has 146 valence electrons.